The summed E-state index contributed by atoms with van der Waals surface area (Å²) in [6, 6.07) is 13.1. The van der Waals surface area contributed by atoms with Crippen LogP contribution in [0, 0.1) is 0 Å². The van der Waals surface area contributed by atoms with Crippen LogP contribution in [0.2, 0.25) is 0 Å². The van der Waals surface area contributed by atoms with Gasteiger partial charge in [0, 0.05) is 0 Å². The Morgan fingerprint density at radius 3 is 2.77 bits per heavy atom. The molecule has 9 heteroatoms. The SMILES string of the molecule is C[C@H](NC(=O)COC(=O)Cn1nnc(-c2cccs2)n1)c1ccccc1. The predicted octanol–water partition coefficient (Wildman–Crippen LogP) is 1.82. The summed E-state index contributed by atoms with van der Waals surface area (Å²) < 4.78 is 4.97. The number of carbonyl (C=O) groups is 2. The van der Waals surface area contributed by atoms with Gasteiger partial charge in [0.05, 0.1) is 10.9 Å². The molecule has 3 aromatic rings. The molecule has 134 valence electrons. The molecule has 26 heavy (non-hydrogen) atoms. The maximum atomic E-state index is 11.9. The molecule has 2 heterocycles. The number of ether oxygens (including phenoxy) is 1. The van der Waals surface area contributed by atoms with Gasteiger partial charge in [-0.15, -0.1) is 21.5 Å². The van der Waals surface area contributed by atoms with Crippen molar-refractivity contribution in [2.24, 2.45) is 0 Å². The number of carbonyl (C=O) groups excluding carboxylic acids is 2. The van der Waals surface area contributed by atoms with Crippen molar-refractivity contribution in [2.75, 3.05) is 6.61 Å². The normalized spacial score (nSPS) is 11.7. The number of amides is 1. The van der Waals surface area contributed by atoms with E-state index in [1.807, 2.05) is 54.8 Å². The molecule has 0 fully saturated rings. The fraction of sp³-hybridized carbons (Fsp3) is 0.235. The largest absolute Gasteiger partial charge is 0.454 e. The second-order valence-corrected chi connectivity index (χ2v) is 6.43. The average Bonchev–Trinajstić information content (AvgIpc) is 3.32. The van der Waals surface area contributed by atoms with E-state index in [4.69, 9.17) is 4.74 Å². The van der Waals surface area contributed by atoms with Crippen LogP contribution in [-0.2, 0) is 20.9 Å². The maximum Gasteiger partial charge on any atom is 0.330 e. The maximum absolute atomic E-state index is 11.9. The number of nitrogens with one attached hydrogen (secondary N) is 1. The first-order valence-electron chi connectivity index (χ1n) is 7.93. The Morgan fingerprint density at radius 1 is 1.23 bits per heavy atom. The minimum atomic E-state index is -0.609. The number of hydrogen-bond donors (Lipinski definition) is 1. The number of aromatic nitrogens is 4. The second-order valence-electron chi connectivity index (χ2n) is 5.48. The third-order valence-electron chi connectivity index (χ3n) is 3.51. The molecule has 0 unspecified atom stereocenters. The standard InChI is InChI=1S/C17H17N5O3S/c1-12(13-6-3-2-4-7-13)18-15(23)11-25-16(24)10-22-20-17(19-21-22)14-8-5-9-26-14/h2-9,12H,10-11H2,1H3,(H,18,23)/t12-/m0/s1. The number of esters is 1. The average molecular weight is 371 g/mol. The molecule has 0 aliphatic rings. The van der Waals surface area contributed by atoms with Crippen LogP contribution in [0.1, 0.15) is 18.5 Å². The zero-order chi connectivity index (χ0) is 18.4. The van der Waals surface area contributed by atoms with Gasteiger partial charge in [0.1, 0.15) is 0 Å². The van der Waals surface area contributed by atoms with Gasteiger partial charge in [-0.3, -0.25) is 4.79 Å². The highest BCUT2D eigenvalue weighted by Gasteiger charge is 2.14. The number of thiophene rings is 1. The van der Waals surface area contributed by atoms with Crippen LogP contribution >= 0.6 is 11.3 Å². The van der Waals surface area contributed by atoms with Gasteiger partial charge in [-0.05, 0) is 29.1 Å². The number of rotatable bonds is 7. The van der Waals surface area contributed by atoms with E-state index in [0.717, 1.165) is 15.2 Å². The zero-order valence-corrected chi connectivity index (χ0v) is 14.8. The summed E-state index contributed by atoms with van der Waals surface area (Å²) in [4.78, 5) is 25.7. The summed E-state index contributed by atoms with van der Waals surface area (Å²) >= 11 is 1.48. The summed E-state index contributed by atoms with van der Waals surface area (Å²) in [5.74, 6) is -0.537. The van der Waals surface area contributed by atoms with E-state index in [0.29, 0.717) is 5.82 Å². The van der Waals surface area contributed by atoms with Crippen molar-refractivity contribution in [2.45, 2.75) is 19.5 Å². The van der Waals surface area contributed by atoms with Crippen LogP contribution in [-0.4, -0.2) is 38.7 Å². The van der Waals surface area contributed by atoms with Crippen LogP contribution in [0.15, 0.2) is 47.8 Å². The summed E-state index contributed by atoms with van der Waals surface area (Å²) in [7, 11) is 0. The Kier molecular flexibility index (Phi) is 5.69. The van der Waals surface area contributed by atoms with E-state index >= 15 is 0 Å². The predicted molar refractivity (Wildman–Crippen MR) is 95.1 cm³/mol. The minimum Gasteiger partial charge on any atom is -0.454 e. The van der Waals surface area contributed by atoms with E-state index in [9.17, 15) is 9.59 Å². The van der Waals surface area contributed by atoms with Crippen LogP contribution in [0.4, 0.5) is 0 Å². The van der Waals surface area contributed by atoms with Crippen molar-refractivity contribution in [3.05, 3.63) is 53.4 Å². The number of hydrogen-bond acceptors (Lipinski definition) is 7. The first-order valence-corrected chi connectivity index (χ1v) is 8.81. The lowest BCUT2D eigenvalue weighted by Crippen LogP contribution is -2.31. The molecule has 0 saturated carbocycles. The van der Waals surface area contributed by atoms with Crippen molar-refractivity contribution >= 4 is 23.2 Å². The quantitative estimate of drug-likeness (QED) is 0.636. The molecule has 2 aromatic heterocycles. The Balaban J connectivity index is 1.44. The summed E-state index contributed by atoms with van der Waals surface area (Å²) in [6.07, 6.45) is 0. The highest BCUT2D eigenvalue weighted by Crippen LogP contribution is 2.19. The van der Waals surface area contributed by atoms with Gasteiger partial charge < -0.3 is 10.1 Å². The van der Waals surface area contributed by atoms with Crippen molar-refractivity contribution in [1.82, 2.24) is 25.5 Å². The van der Waals surface area contributed by atoms with Gasteiger partial charge in [-0.25, -0.2) is 4.79 Å². The van der Waals surface area contributed by atoms with Gasteiger partial charge in [-0.2, -0.15) is 4.80 Å². The zero-order valence-electron chi connectivity index (χ0n) is 14.0. The molecule has 0 radical (unpaired) electrons. The van der Waals surface area contributed by atoms with E-state index in [1.165, 1.54) is 11.3 Å². The van der Waals surface area contributed by atoms with Crippen molar-refractivity contribution in [1.29, 1.82) is 0 Å². The third kappa shape index (κ3) is 4.73. The fourth-order valence-electron chi connectivity index (χ4n) is 2.23. The molecule has 0 aliphatic heterocycles. The van der Waals surface area contributed by atoms with Gasteiger partial charge in [-0.1, -0.05) is 36.4 Å². The molecule has 1 amide bonds. The molecular formula is C17H17N5O3S. The molecule has 1 atom stereocenters. The molecular weight excluding hydrogens is 354 g/mol. The Morgan fingerprint density at radius 2 is 2.04 bits per heavy atom. The summed E-state index contributed by atoms with van der Waals surface area (Å²) in [5.41, 5.74) is 0.972. The van der Waals surface area contributed by atoms with Crippen LogP contribution < -0.4 is 5.32 Å². The van der Waals surface area contributed by atoms with Gasteiger partial charge >= 0.3 is 5.97 Å². The van der Waals surface area contributed by atoms with Gasteiger partial charge in [0.2, 0.25) is 5.82 Å². The third-order valence-corrected chi connectivity index (χ3v) is 4.37. The van der Waals surface area contributed by atoms with E-state index < -0.39 is 5.97 Å². The molecule has 1 N–H and O–H groups in total. The lowest BCUT2D eigenvalue weighted by atomic mass is 10.1. The minimum absolute atomic E-state index is 0.173. The van der Waals surface area contributed by atoms with Crippen LogP contribution in [0.5, 0.6) is 0 Å². The van der Waals surface area contributed by atoms with Crippen molar-refractivity contribution in [3.63, 3.8) is 0 Å². The van der Waals surface area contributed by atoms with Crippen LogP contribution in [0.25, 0.3) is 10.7 Å². The fourth-order valence-corrected chi connectivity index (χ4v) is 2.88. The summed E-state index contributed by atoms with van der Waals surface area (Å²) in [5, 5.41) is 16.5. The molecule has 0 aliphatic carbocycles. The molecule has 0 saturated heterocycles. The molecule has 3 rings (SSSR count). The molecule has 1 aromatic carbocycles. The lowest BCUT2D eigenvalue weighted by molar-refractivity contribution is -0.149. The lowest BCUT2D eigenvalue weighted by Gasteiger charge is -2.14. The Labute approximate surface area is 153 Å². The Bertz CT molecular complexity index is 864. The highest BCUT2D eigenvalue weighted by molar-refractivity contribution is 7.13. The number of tetrazole rings is 1. The second kappa shape index (κ2) is 8.34. The number of benzene rings is 1. The topological polar surface area (TPSA) is 99.0 Å². The van der Waals surface area contributed by atoms with E-state index in [1.54, 1.807) is 0 Å². The monoisotopic (exact) mass is 371 g/mol. The first kappa shape index (κ1) is 17.7. The van der Waals surface area contributed by atoms with E-state index in [-0.39, 0.29) is 25.1 Å². The van der Waals surface area contributed by atoms with Gasteiger partial charge in [0.15, 0.2) is 13.2 Å². The Hall–Kier alpha value is -3.07. The van der Waals surface area contributed by atoms with E-state index in [2.05, 4.69) is 20.7 Å². The molecule has 8 nitrogen and oxygen atoms in total. The molecule has 0 spiro atoms. The highest BCUT2D eigenvalue weighted by atomic mass is 32.1. The van der Waals surface area contributed by atoms with Crippen LogP contribution in [0.3, 0.4) is 0 Å². The van der Waals surface area contributed by atoms with Crippen molar-refractivity contribution < 1.29 is 14.3 Å². The smallest absolute Gasteiger partial charge is 0.330 e. The first-order chi connectivity index (χ1) is 12.6. The van der Waals surface area contributed by atoms with Crippen molar-refractivity contribution in [3.8, 4) is 10.7 Å². The summed E-state index contributed by atoms with van der Waals surface area (Å²) in [6.45, 7) is 1.29. The van der Waals surface area contributed by atoms with Gasteiger partial charge in [0.25, 0.3) is 5.91 Å². The molecule has 0 bridgehead atoms. The number of nitrogens with zero attached hydrogens (tertiary/aromatic N) is 4.